The third kappa shape index (κ3) is 3.35. The van der Waals surface area contributed by atoms with Crippen LogP contribution in [0.25, 0.3) is 0 Å². The highest BCUT2D eigenvalue weighted by Crippen LogP contribution is 2.30. The normalized spacial score (nSPS) is 12.5. The van der Waals surface area contributed by atoms with Gasteiger partial charge in [0.05, 0.1) is 11.1 Å². The molecule has 0 aliphatic heterocycles. The third-order valence-electron chi connectivity index (χ3n) is 2.71. The number of benzene rings is 2. The lowest BCUT2D eigenvalue weighted by molar-refractivity contribution is 0.559. The van der Waals surface area contributed by atoms with E-state index in [0.29, 0.717) is 10.6 Å². The summed E-state index contributed by atoms with van der Waals surface area (Å²) in [6.07, 6.45) is 0. The van der Waals surface area contributed by atoms with Crippen molar-refractivity contribution in [1.29, 1.82) is 0 Å². The molecule has 0 amide bonds. The van der Waals surface area contributed by atoms with Crippen LogP contribution < -0.4 is 11.3 Å². The van der Waals surface area contributed by atoms with Crippen LogP contribution in [-0.4, -0.2) is 0 Å². The van der Waals surface area contributed by atoms with E-state index >= 15 is 0 Å². The molecule has 0 saturated heterocycles. The molecule has 0 saturated carbocycles. The molecule has 0 aromatic heterocycles. The second-order valence-electron chi connectivity index (χ2n) is 3.94. The van der Waals surface area contributed by atoms with Crippen molar-refractivity contribution >= 4 is 43.5 Å². The fourth-order valence-corrected chi connectivity index (χ4v) is 2.61. The SMILES string of the molecule is NNC(c1ccc(Br)c(Cl)c1)c1cc(Br)ccc1F. The minimum Gasteiger partial charge on any atom is -0.271 e. The molecule has 0 aliphatic carbocycles. The third-order valence-corrected chi connectivity index (χ3v) is 4.44. The highest BCUT2D eigenvalue weighted by molar-refractivity contribution is 9.10. The molecule has 0 spiro atoms. The van der Waals surface area contributed by atoms with Gasteiger partial charge in [-0.15, -0.1) is 0 Å². The number of hydrogen-bond acceptors (Lipinski definition) is 2. The van der Waals surface area contributed by atoms with E-state index in [0.717, 1.165) is 14.5 Å². The predicted octanol–water partition coefficient (Wildman–Crippen LogP) is 4.56. The Balaban J connectivity index is 2.49. The molecule has 0 aliphatic rings. The Bertz CT molecular complexity index is 607. The topological polar surface area (TPSA) is 38.0 Å². The molecule has 0 bridgehead atoms. The Morgan fingerprint density at radius 3 is 2.53 bits per heavy atom. The summed E-state index contributed by atoms with van der Waals surface area (Å²) in [4.78, 5) is 0. The molecular weight excluding hydrogens is 398 g/mol. The fourth-order valence-electron chi connectivity index (χ4n) is 1.79. The van der Waals surface area contributed by atoms with Crippen LogP contribution in [0.1, 0.15) is 17.2 Å². The standard InChI is InChI=1S/C13H10Br2ClFN2/c14-8-2-4-12(17)9(6-8)13(19-18)7-1-3-10(15)11(16)5-7/h1-6,13,19H,18H2. The summed E-state index contributed by atoms with van der Waals surface area (Å²) in [5, 5.41) is 0.549. The maximum Gasteiger partial charge on any atom is 0.128 e. The van der Waals surface area contributed by atoms with E-state index in [2.05, 4.69) is 37.3 Å². The molecule has 3 N–H and O–H groups in total. The summed E-state index contributed by atoms with van der Waals surface area (Å²) in [5.41, 5.74) is 3.85. The summed E-state index contributed by atoms with van der Waals surface area (Å²) in [6, 6.07) is 9.64. The van der Waals surface area contributed by atoms with Crippen molar-refractivity contribution in [3.63, 3.8) is 0 Å². The molecule has 1 atom stereocenters. The highest BCUT2D eigenvalue weighted by atomic mass is 79.9. The molecule has 2 rings (SSSR count). The van der Waals surface area contributed by atoms with Crippen LogP contribution in [0.15, 0.2) is 45.3 Å². The maximum absolute atomic E-state index is 13.9. The van der Waals surface area contributed by atoms with Crippen molar-refractivity contribution in [3.8, 4) is 0 Å². The van der Waals surface area contributed by atoms with E-state index in [9.17, 15) is 4.39 Å². The van der Waals surface area contributed by atoms with E-state index in [-0.39, 0.29) is 5.82 Å². The van der Waals surface area contributed by atoms with E-state index in [1.807, 2.05) is 6.07 Å². The molecule has 0 heterocycles. The number of rotatable bonds is 3. The second-order valence-corrected chi connectivity index (χ2v) is 6.12. The van der Waals surface area contributed by atoms with Gasteiger partial charge in [0.2, 0.25) is 0 Å². The molecule has 0 radical (unpaired) electrons. The monoisotopic (exact) mass is 406 g/mol. The van der Waals surface area contributed by atoms with Gasteiger partial charge in [0.25, 0.3) is 0 Å². The summed E-state index contributed by atoms with van der Waals surface area (Å²) in [5.74, 6) is 5.23. The molecule has 1 unspecified atom stereocenters. The van der Waals surface area contributed by atoms with Gasteiger partial charge in [-0.3, -0.25) is 5.84 Å². The minimum absolute atomic E-state index is 0.329. The Kier molecular flexibility index (Phi) is 4.97. The molecule has 2 aromatic rings. The van der Waals surface area contributed by atoms with Crippen LogP contribution in [0.2, 0.25) is 5.02 Å². The van der Waals surface area contributed by atoms with Gasteiger partial charge in [-0.2, -0.15) is 0 Å². The van der Waals surface area contributed by atoms with E-state index in [4.69, 9.17) is 17.4 Å². The van der Waals surface area contributed by atoms with Crippen molar-refractivity contribution in [1.82, 2.24) is 5.43 Å². The Morgan fingerprint density at radius 2 is 1.89 bits per heavy atom. The summed E-state index contributed by atoms with van der Waals surface area (Å²) < 4.78 is 15.5. The van der Waals surface area contributed by atoms with Gasteiger partial charge in [0.1, 0.15) is 5.82 Å². The molecule has 2 nitrogen and oxygen atoms in total. The average molecular weight is 408 g/mol. The number of nitrogens with two attached hydrogens (primary N) is 1. The van der Waals surface area contributed by atoms with E-state index < -0.39 is 6.04 Å². The molecule has 2 aromatic carbocycles. The number of nitrogens with one attached hydrogen (secondary N) is 1. The number of hydrogen-bond donors (Lipinski definition) is 2. The molecule has 100 valence electrons. The summed E-state index contributed by atoms with van der Waals surface area (Å²) in [7, 11) is 0. The van der Waals surface area contributed by atoms with Gasteiger partial charge in [-0.05, 0) is 51.8 Å². The second kappa shape index (κ2) is 6.33. The summed E-state index contributed by atoms with van der Waals surface area (Å²) >= 11 is 12.7. The quantitative estimate of drug-likeness (QED) is 0.577. The summed E-state index contributed by atoms with van der Waals surface area (Å²) in [6.45, 7) is 0. The first kappa shape index (κ1) is 14.9. The molecule has 19 heavy (non-hydrogen) atoms. The smallest absolute Gasteiger partial charge is 0.128 e. The Labute approximate surface area is 132 Å². The van der Waals surface area contributed by atoms with Crippen LogP contribution in [0.4, 0.5) is 4.39 Å². The average Bonchev–Trinajstić information content (AvgIpc) is 2.38. The minimum atomic E-state index is -0.469. The van der Waals surface area contributed by atoms with Crippen LogP contribution in [-0.2, 0) is 0 Å². The van der Waals surface area contributed by atoms with Gasteiger partial charge < -0.3 is 0 Å². The largest absolute Gasteiger partial charge is 0.271 e. The van der Waals surface area contributed by atoms with Crippen molar-refractivity contribution in [3.05, 3.63) is 67.3 Å². The van der Waals surface area contributed by atoms with E-state index in [1.54, 1.807) is 24.3 Å². The Hall–Kier alpha value is -0.460. The van der Waals surface area contributed by atoms with Gasteiger partial charge in [-0.1, -0.05) is 33.6 Å². The lowest BCUT2D eigenvalue weighted by atomic mass is 9.99. The molecule has 6 heteroatoms. The van der Waals surface area contributed by atoms with Gasteiger partial charge in [0, 0.05) is 14.5 Å². The molecular formula is C13H10Br2ClFN2. The van der Waals surface area contributed by atoms with Crippen LogP contribution in [0, 0.1) is 5.82 Å². The maximum atomic E-state index is 13.9. The van der Waals surface area contributed by atoms with E-state index in [1.165, 1.54) is 6.07 Å². The van der Waals surface area contributed by atoms with Gasteiger partial charge in [0.15, 0.2) is 0 Å². The predicted molar refractivity (Wildman–Crippen MR) is 82.4 cm³/mol. The van der Waals surface area contributed by atoms with Crippen LogP contribution in [0.3, 0.4) is 0 Å². The van der Waals surface area contributed by atoms with Crippen molar-refractivity contribution in [2.24, 2.45) is 5.84 Å². The Morgan fingerprint density at radius 1 is 1.16 bits per heavy atom. The number of halogens is 4. The van der Waals surface area contributed by atoms with Crippen LogP contribution >= 0.6 is 43.5 Å². The lowest BCUT2D eigenvalue weighted by Crippen LogP contribution is -2.29. The molecule has 0 fully saturated rings. The van der Waals surface area contributed by atoms with Crippen molar-refractivity contribution in [2.45, 2.75) is 6.04 Å². The zero-order valence-electron chi connectivity index (χ0n) is 9.63. The zero-order valence-corrected chi connectivity index (χ0v) is 13.6. The first-order valence-electron chi connectivity index (χ1n) is 5.39. The first-order valence-corrected chi connectivity index (χ1v) is 7.35. The fraction of sp³-hybridized carbons (Fsp3) is 0.0769. The van der Waals surface area contributed by atoms with Gasteiger partial charge in [-0.25, -0.2) is 9.82 Å². The number of hydrazine groups is 1. The van der Waals surface area contributed by atoms with Crippen molar-refractivity contribution in [2.75, 3.05) is 0 Å². The van der Waals surface area contributed by atoms with Crippen molar-refractivity contribution < 1.29 is 4.39 Å². The lowest BCUT2D eigenvalue weighted by Gasteiger charge is -2.18. The van der Waals surface area contributed by atoms with Gasteiger partial charge >= 0.3 is 0 Å². The zero-order chi connectivity index (χ0) is 14.0. The first-order chi connectivity index (χ1) is 9.02. The highest BCUT2D eigenvalue weighted by Gasteiger charge is 2.17. The van der Waals surface area contributed by atoms with Crippen LogP contribution in [0.5, 0.6) is 0 Å².